The average molecular weight is 341 g/mol. The topological polar surface area (TPSA) is 38.8 Å². The van der Waals surface area contributed by atoms with E-state index in [1.54, 1.807) is 0 Å². The Hall–Kier alpha value is -1.71. The van der Waals surface area contributed by atoms with E-state index in [0.29, 0.717) is 37.5 Å². The second kappa shape index (κ2) is 5.93. The van der Waals surface area contributed by atoms with Gasteiger partial charge in [-0.3, -0.25) is 4.79 Å². The quantitative estimate of drug-likeness (QED) is 0.845. The minimum Gasteiger partial charge on any atom is -0.486 e. The number of hydrogen-bond acceptors (Lipinski definition) is 3. The molecule has 1 amide bonds. The molecule has 4 saturated carbocycles. The number of fused-ring (bicyclic) bond motifs is 1. The Labute approximate surface area is 149 Å². The molecule has 1 aromatic carbocycles. The van der Waals surface area contributed by atoms with Crippen LogP contribution in [0.15, 0.2) is 18.2 Å². The van der Waals surface area contributed by atoms with Crippen LogP contribution in [0, 0.1) is 29.6 Å². The van der Waals surface area contributed by atoms with Gasteiger partial charge in [-0.2, -0.15) is 0 Å². The number of amides is 1. The first-order valence-corrected chi connectivity index (χ1v) is 9.81. The van der Waals surface area contributed by atoms with Crippen molar-refractivity contribution in [1.82, 2.24) is 4.90 Å². The van der Waals surface area contributed by atoms with Gasteiger partial charge in [0.25, 0.3) is 0 Å². The normalized spacial score (nSPS) is 34.8. The average Bonchev–Trinajstić information content (AvgIpc) is 2.60. The summed E-state index contributed by atoms with van der Waals surface area (Å²) in [5, 5.41) is 0. The van der Waals surface area contributed by atoms with Crippen LogP contribution in [-0.2, 0) is 11.3 Å². The fraction of sp³-hybridized carbons (Fsp3) is 0.667. The number of nitrogens with zero attached hydrogens (tertiary/aromatic N) is 1. The molecule has 0 atom stereocenters. The molecule has 5 aliphatic rings. The standard InChI is InChI=1S/C21H27NO3/c1-22(12-13-2-3-18-19(11-13)25-5-4-24-18)21(23)20-16-7-14-6-15(9-16)10-17(20)8-14/h2-3,11,14-17,20H,4-10,12H2,1H3. The van der Waals surface area contributed by atoms with Crippen LogP contribution in [0.4, 0.5) is 0 Å². The third-order valence-electron chi connectivity index (χ3n) is 6.91. The predicted octanol–water partition coefficient (Wildman–Crippen LogP) is 3.49. The molecular formula is C21H27NO3. The van der Waals surface area contributed by atoms with Gasteiger partial charge in [0, 0.05) is 19.5 Å². The summed E-state index contributed by atoms with van der Waals surface area (Å²) in [5.74, 6) is 5.37. The third-order valence-corrected chi connectivity index (χ3v) is 6.91. The van der Waals surface area contributed by atoms with Gasteiger partial charge in [0.1, 0.15) is 13.2 Å². The van der Waals surface area contributed by atoms with E-state index in [1.807, 2.05) is 30.1 Å². The SMILES string of the molecule is CN(Cc1ccc2c(c1)OCCO2)C(=O)C1C2CC3CC(C2)CC1C3. The summed E-state index contributed by atoms with van der Waals surface area (Å²) in [6.07, 6.45) is 6.60. The minimum atomic E-state index is 0.273. The van der Waals surface area contributed by atoms with E-state index in [-0.39, 0.29) is 5.92 Å². The number of benzene rings is 1. The fourth-order valence-electron chi connectivity index (χ4n) is 6.12. The van der Waals surface area contributed by atoms with Crippen LogP contribution in [0.5, 0.6) is 11.5 Å². The van der Waals surface area contributed by atoms with Crippen molar-refractivity contribution in [2.24, 2.45) is 29.6 Å². The van der Waals surface area contributed by atoms with E-state index in [2.05, 4.69) is 0 Å². The number of hydrogen-bond donors (Lipinski definition) is 0. The van der Waals surface area contributed by atoms with Crippen molar-refractivity contribution in [2.75, 3.05) is 20.3 Å². The van der Waals surface area contributed by atoms with Gasteiger partial charge in [-0.1, -0.05) is 6.07 Å². The summed E-state index contributed by atoms with van der Waals surface area (Å²) in [7, 11) is 1.96. The molecule has 25 heavy (non-hydrogen) atoms. The highest BCUT2D eigenvalue weighted by molar-refractivity contribution is 5.79. The highest BCUT2D eigenvalue weighted by atomic mass is 16.6. The Morgan fingerprint density at radius 2 is 1.64 bits per heavy atom. The van der Waals surface area contributed by atoms with Gasteiger partial charge in [-0.05, 0) is 73.5 Å². The van der Waals surface area contributed by atoms with E-state index in [1.165, 1.54) is 32.1 Å². The van der Waals surface area contributed by atoms with Crippen LogP contribution in [-0.4, -0.2) is 31.1 Å². The molecule has 4 heteroatoms. The van der Waals surface area contributed by atoms with Gasteiger partial charge < -0.3 is 14.4 Å². The molecule has 0 N–H and O–H groups in total. The van der Waals surface area contributed by atoms with Gasteiger partial charge in [-0.25, -0.2) is 0 Å². The lowest BCUT2D eigenvalue weighted by atomic mass is 9.51. The van der Waals surface area contributed by atoms with Gasteiger partial charge in [0.05, 0.1) is 0 Å². The first-order chi connectivity index (χ1) is 12.2. The van der Waals surface area contributed by atoms with E-state index < -0.39 is 0 Å². The van der Waals surface area contributed by atoms with Crippen LogP contribution in [0.2, 0.25) is 0 Å². The van der Waals surface area contributed by atoms with Crippen LogP contribution < -0.4 is 9.47 Å². The molecule has 1 heterocycles. The summed E-state index contributed by atoms with van der Waals surface area (Å²) < 4.78 is 11.3. The molecule has 1 aromatic rings. The molecule has 134 valence electrons. The Morgan fingerprint density at radius 3 is 2.32 bits per heavy atom. The third kappa shape index (κ3) is 2.70. The van der Waals surface area contributed by atoms with Crippen molar-refractivity contribution in [3.8, 4) is 11.5 Å². The fourth-order valence-corrected chi connectivity index (χ4v) is 6.12. The van der Waals surface area contributed by atoms with Gasteiger partial charge in [0.15, 0.2) is 11.5 Å². The van der Waals surface area contributed by atoms with Crippen molar-refractivity contribution >= 4 is 5.91 Å². The molecule has 4 nitrogen and oxygen atoms in total. The van der Waals surface area contributed by atoms with Crippen LogP contribution in [0.25, 0.3) is 0 Å². The summed E-state index contributed by atoms with van der Waals surface area (Å²) in [4.78, 5) is 15.1. The summed E-state index contributed by atoms with van der Waals surface area (Å²) in [5.41, 5.74) is 1.11. The summed E-state index contributed by atoms with van der Waals surface area (Å²) in [6.45, 7) is 1.86. The maximum absolute atomic E-state index is 13.2. The molecule has 0 aromatic heterocycles. The maximum Gasteiger partial charge on any atom is 0.226 e. The molecule has 4 aliphatic carbocycles. The zero-order valence-electron chi connectivity index (χ0n) is 14.9. The van der Waals surface area contributed by atoms with Crippen LogP contribution >= 0.6 is 0 Å². The highest BCUT2D eigenvalue weighted by Crippen LogP contribution is 2.56. The van der Waals surface area contributed by atoms with Crippen molar-refractivity contribution in [3.05, 3.63) is 23.8 Å². The number of carbonyl (C=O) groups is 1. The molecule has 4 fully saturated rings. The number of rotatable bonds is 3. The molecule has 6 rings (SSSR count). The first-order valence-electron chi connectivity index (χ1n) is 9.81. The van der Waals surface area contributed by atoms with Crippen molar-refractivity contribution in [3.63, 3.8) is 0 Å². The Bertz CT molecular complexity index is 658. The monoisotopic (exact) mass is 341 g/mol. The van der Waals surface area contributed by atoms with Crippen molar-refractivity contribution in [1.29, 1.82) is 0 Å². The van der Waals surface area contributed by atoms with Crippen LogP contribution in [0.1, 0.15) is 37.7 Å². The largest absolute Gasteiger partial charge is 0.486 e. The predicted molar refractivity (Wildman–Crippen MR) is 94.4 cm³/mol. The minimum absolute atomic E-state index is 0.273. The molecule has 0 spiro atoms. The second-order valence-electron chi connectivity index (χ2n) is 8.63. The lowest BCUT2D eigenvalue weighted by Gasteiger charge is -2.54. The second-order valence-corrected chi connectivity index (χ2v) is 8.63. The lowest BCUT2D eigenvalue weighted by molar-refractivity contribution is -0.148. The van der Waals surface area contributed by atoms with Gasteiger partial charge >= 0.3 is 0 Å². The van der Waals surface area contributed by atoms with Crippen molar-refractivity contribution in [2.45, 2.75) is 38.6 Å². The molecule has 4 bridgehead atoms. The zero-order chi connectivity index (χ0) is 17.0. The zero-order valence-corrected chi connectivity index (χ0v) is 14.9. The molecule has 1 aliphatic heterocycles. The molecular weight excluding hydrogens is 314 g/mol. The number of ether oxygens (including phenoxy) is 2. The van der Waals surface area contributed by atoms with Crippen LogP contribution in [0.3, 0.4) is 0 Å². The van der Waals surface area contributed by atoms with Gasteiger partial charge in [0.2, 0.25) is 5.91 Å². The van der Waals surface area contributed by atoms with Gasteiger partial charge in [-0.15, -0.1) is 0 Å². The first kappa shape index (κ1) is 15.5. The Kier molecular flexibility index (Phi) is 3.68. The number of carbonyl (C=O) groups excluding carboxylic acids is 1. The summed E-state index contributed by atoms with van der Waals surface area (Å²) >= 11 is 0. The molecule has 0 radical (unpaired) electrons. The van der Waals surface area contributed by atoms with E-state index in [0.717, 1.165) is 28.9 Å². The maximum atomic E-state index is 13.2. The lowest BCUT2D eigenvalue weighted by Crippen LogP contribution is -2.51. The van der Waals surface area contributed by atoms with Crippen molar-refractivity contribution < 1.29 is 14.3 Å². The van der Waals surface area contributed by atoms with E-state index in [4.69, 9.17) is 9.47 Å². The molecule has 0 unspecified atom stereocenters. The van der Waals surface area contributed by atoms with E-state index >= 15 is 0 Å². The Balaban J connectivity index is 1.29. The highest BCUT2D eigenvalue weighted by Gasteiger charge is 2.51. The summed E-state index contributed by atoms with van der Waals surface area (Å²) in [6, 6.07) is 6.04. The van der Waals surface area contributed by atoms with E-state index in [9.17, 15) is 4.79 Å². The smallest absolute Gasteiger partial charge is 0.226 e. The molecule has 0 saturated heterocycles. The Morgan fingerprint density at radius 1 is 1.00 bits per heavy atom.